The highest BCUT2D eigenvalue weighted by Crippen LogP contribution is 2.26. The molecule has 1 aromatic rings. The molecule has 1 aliphatic heterocycles. The van der Waals surface area contributed by atoms with Gasteiger partial charge < -0.3 is 4.90 Å². The summed E-state index contributed by atoms with van der Waals surface area (Å²) in [6.07, 6.45) is 2.63. The van der Waals surface area contributed by atoms with Gasteiger partial charge in [0.1, 0.15) is 0 Å². The average molecular weight is 329 g/mol. The minimum Gasteiger partial charge on any atom is -0.308 e. The first-order chi connectivity index (χ1) is 9.02. The second-order valence-electron chi connectivity index (χ2n) is 5.69. The highest BCUT2D eigenvalue weighted by molar-refractivity contribution is 9.10. The Kier molecular flexibility index (Phi) is 5.03. The lowest BCUT2D eigenvalue weighted by Crippen LogP contribution is -2.37. The van der Waals surface area contributed by atoms with Gasteiger partial charge in [-0.1, -0.05) is 0 Å². The molecular formula is C14H25BrN4. The summed E-state index contributed by atoms with van der Waals surface area (Å²) < 4.78 is 3.31. The van der Waals surface area contributed by atoms with Crippen molar-refractivity contribution in [2.75, 3.05) is 27.2 Å². The first-order valence-corrected chi connectivity index (χ1v) is 7.92. The van der Waals surface area contributed by atoms with Crippen LogP contribution >= 0.6 is 15.9 Å². The first-order valence-electron chi connectivity index (χ1n) is 7.13. The number of aromatic nitrogens is 2. The lowest BCUT2D eigenvalue weighted by Gasteiger charge is -2.27. The lowest BCUT2D eigenvalue weighted by molar-refractivity contribution is 0.196. The van der Waals surface area contributed by atoms with E-state index in [1.807, 2.05) is 0 Å². The first kappa shape index (κ1) is 15.0. The van der Waals surface area contributed by atoms with Crippen LogP contribution in [0.2, 0.25) is 0 Å². The molecule has 2 heterocycles. The number of likely N-dealkylation sites (tertiary alicyclic amines) is 1. The van der Waals surface area contributed by atoms with E-state index in [1.54, 1.807) is 0 Å². The Bertz CT molecular complexity index is 427. The number of halogens is 1. The summed E-state index contributed by atoms with van der Waals surface area (Å²) in [6.45, 7) is 8.53. The predicted octanol–water partition coefficient (Wildman–Crippen LogP) is 2.50. The molecule has 1 aliphatic rings. The van der Waals surface area contributed by atoms with Crippen LogP contribution in [0, 0.1) is 6.92 Å². The molecular weight excluding hydrogens is 304 g/mol. The molecule has 1 saturated heterocycles. The van der Waals surface area contributed by atoms with Crippen LogP contribution in [0.3, 0.4) is 0 Å². The largest absolute Gasteiger partial charge is 0.308 e. The zero-order valence-electron chi connectivity index (χ0n) is 12.5. The smallest absolute Gasteiger partial charge is 0.0739 e. The van der Waals surface area contributed by atoms with Gasteiger partial charge in [0.15, 0.2) is 0 Å². The molecule has 0 saturated carbocycles. The molecule has 4 nitrogen and oxygen atoms in total. The SMILES string of the molecule is CCn1nc(C)c(Br)c1CN1CCCC1CN(C)C. The van der Waals surface area contributed by atoms with Gasteiger partial charge >= 0.3 is 0 Å². The van der Waals surface area contributed by atoms with Gasteiger partial charge in [-0.2, -0.15) is 5.10 Å². The molecule has 0 aromatic carbocycles. The fourth-order valence-corrected chi connectivity index (χ4v) is 3.35. The molecule has 1 aromatic heterocycles. The van der Waals surface area contributed by atoms with E-state index in [1.165, 1.54) is 29.6 Å². The van der Waals surface area contributed by atoms with Crippen LogP contribution in [0.1, 0.15) is 31.2 Å². The van der Waals surface area contributed by atoms with Crippen molar-refractivity contribution >= 4 is 15.9 Å². The Morgan fingerprint density at radius 1 is 1.42 bits per heavy atom. The van der Waals surface area contributed by atoms with Crippen LogP contribution in [0.4, 0.5) is 0 Å². The number of rotatable bonds is 5. The zero-order valence-corrected chi connectivity index (χ0v) is 14.1. The average Bonchev–Trinajstić information content (AvgIpc) is 2.88. The Hall–Kier alpha value is -0.390. The third kappa shape index (κ3) is 3.38. The normalized spacial score (nSPS) is 20.6. The second kappa shape index (κ2) is 6.37. The third-order valence-corrected chi connectivity index (χ3v) is 4.91. The van der Waals surface area contributed by atoms with Gasteiger partial charge in [0.05, 0.1) is 15.9 Å². The molecule has 2 rings (SSSR count). The quantitative estimate of drug-likeness (QED) is 0.830. The highest BCUT2D eigenvalue weighted by atomic mass is 79.9. The van der Waals surface area contributed by atoms with E-state index >= 15 is 0 Å². The van der Waals surface area contributed by atoms with Crippen molar-refractivity contribution in [3.8, 4) is 0 Å². The molecule has 0 N–H and O–H groups in total. The fourth-order valence-electron chi connectivity index (χ4n) is 2.94. The van der Waals surface area contributed by atoms with Crippen LogP contribution in [0.15, 0.2) is 4.47 Å². The number of nitrogens with zero attached hydrogens (tertiary/aromatic N) is 4. The Balaban J connectivity index is 2.12. The van der Waals surface area contributed by atoms with Crippen LogP contribution in [-0.4, -0.2) is 52.8 Å². The van der Waals surface area contributed by atoms with E-state index in [0.717, 1.165) is 25.3 Å². The molecule has 0 bridgehead atoms. The van der Waals surface area contributed by atoms with Crippen molar-refractivity contribution in [2.24, 2.45) is 0 Å². The van der Waals surface area contributed by atoms with Gasteiger partial charge in [0, 0.05) is 25.7 Å². The predicted molar refractivity (Wildman–Crippen MR) is 82.3 cm³/mol. The van der Waals surface area contributed by atoms with Gasteiger partial charge in [-0.05, 0) is 63.3 Å². The van der Waals surface area contributed by atoms with E-state index < -0.39 is 0 Å². The molecule has 5 heteroatoms. The molecule has 0 amide bonds. The summed E-state index contributed by atoms with van der Waals surface area (Å²) in [6, 6.07) is 0.683. The maximum atomic E-state index is 4.59. The van der Waals surface area contributed by atoms with Crippen LogP contribution < -0.4 is 0 Å². The third-order valence-electron chi connectivity index (χ3n) is 3.88. The van der Waals surface area contributed by atoms with E-state index in [2.05, 4.69) is 63.5 Å². The molecule has 108 valence electrons. The minimum atomic E-state index is 0.683. The molecule has 1 fully saturated rings. The van der Waals surface area contributed by atoms with Crippen LogP contribution in [-0.2, 0) is 13.1 Å². The summed E-state index contributed by atoms with van der Waals surface area (Å²) in [4.78, 5) is 4.90. The number of aryl methyl sites for hydroxylation is 2. The van der Waals surface area contributed by atoms with Gasteiger partial charge in [-0.3, -0.25) is 9.58 Å². The molecule has 1 atom stereocenters. The van der Waals surface area contributed by atoms with E-state index in [-0.39, 0.29) is 0 Å². The molecule has 0 aliphatic carbocycles. The van der Waals surface area contributed by atoms with Crippen molar-refractivity contribution in [3.63, 3.8) is 0 Å². The summed E-state index contributed by atoms with van der Waals surface area (Å²) in [5.41, 5.74) is 2.42. The fraction of sp³-hybridized carbons (Fsp3) is 0.786. The maximum Gasteiger partial charge on any atom is 0.0739 e. The number of hydrogen-bond acceptors (Lipinski definition) is 3. The topological polar surface area (TPSA) is 24.3 Å². The van der Waals surface area contributed by atoms with Gasteiger partial charge in [0.25, 0.3) is 0 Å². The summed E-state index contributed by atoms with van der Waals surface area (Å²) in [7, 11) is 4.32. The maximum absolute atomic E-state index is 4.59. The summed E-state index contributed by atoms with van der Waals surface area (Å²) >= 11 is 3.70. The van der Waals surface area contributed by atoms with Gasteiger partial charge in [-0.15, -0.1) is 0 Å². The zero-order chi connectivity index (χ0) is 14.0. The molecule has 0 spiro atoms. The van der Waals surface area contributed by atoms with Crippen molar-refractivity contribution in [1.29, 1.82) is 0 Å². The van der Waals surface area contributed by atoms with Crippen molar-refractivity contribution in [2.45, 2.75) is 45.8 Å². The van der Waals surface area contributed by atoms with Crippen molar-refractivity contribution in [3.05, 3.63) is 15.9 Å². The van der Waals surface area contributed by atoms with E-state index in [9.17, 15) is 0 Å². The number of hydrogen-bond donors (Lipinski definition) is 0. The summed E-state index contributed by atoms with van der Waals surface area (Å²) in [5, 5.41) is 4.59. The van der Waals surface area contributed by atoms with E-state index in [4.69, 9.17) is 0 Å². The van der Waals surface area contributed by atoms with Crippen molar-refractivity contribution < 1.29 is 0 Å². The van der Waals surface area contributed by atoms with Crippen molar-refractivity contribution in [1.82, 2.24) is 19.6 Å². The highest BCUT2D eigenvalue weighted by Gasteiger charge is 2.27. The lowest BCUT2D eigenvalue weighted by atomic mass is 10.2. The van der Waals surface area contributed by atoms with Crippen LogP contribution in [0.5, 0.6) is 0 Å². The molecule has 19 heavy (non-hydrogen) atoms. The van der Waals surface area contributed by atoms with Gasteiger partial charge in [0.2, 0.25) is 0 Å². The van der Waals surface area contributed by atoms with E-state index in [0.29, 0.717) is 6.04 Å². The Labute approximate surface area is 124 Å². The standard InChI is InChI=1S/C14H25BrN4/c1-5-19-13(14(15)11(2)16-19)10-18-8-6-7-12(18)9-17(3)4/h12H,5-10H2,1-4H3. The monoisotopic (exact) mass is 328 g/mol. The number of likely N-dealkylation sites (N-methyl/N-ethyl adjacent to an activating group) is 1. The summed E-state index contributed by atoms with van der Waals surface area (Å²) in [5.74, 6) is 0. The minimum absolute atomic E-state index is 0.683. The van der Waals surface area contributed by atoms with Crippen LogP contribution in [0.25, 0.3) is 0 Å². The molecule has 1 unspecified atom stereocenters. The van der Waals surface area contributed by atoms with Gasteiger partial charge in [-0.25, -0.2) is 0 Å². The Morgan fingerprint density at radius 2 is 2.16 bits per heavy atom. The molecule has 0 radical (unpaired) electrons. The Morgan fingerprint density at radius 3 is 2.79 bits per heavy atom. The second-order valence-corrected chi connectivity index (χ2v) is 6.48.